The summed E-state index contributed by atoms with van der Waals surface area (Å²) in [5, 5.41) is 0. The molecular weight excluding hydrogens is 333 g/mol. The maximum Gasteiger partial charge on any atom is 0.326 e. The van der Waals surface area contributed by atoms with Gasteiger partial charge in [0, 0.05) is 24.7 Å². The number of H-pyrrole nitrogens is 1. The third-order valence-electron chi connectivity index (χ3n) is 5.17. The maximum atomic E-state index is 13.5. The smallest absolute Gasteiger partial charge is 0.326 e. The van der Waals surface area contributed by atoms with E-state index in [1.165, 1.54) is 12.1 Å². The highest BCUT2D eigenvalue weighted by molar-refractivity contribution is 5.95. The lowest BCUT2D eigenvalue weighted by atomic mass is 10.0. The molecule has 6 heteroatoms. The third-order valence-corrected chi connectivity index (χ3v) is 5.17. The normalized spacial score (nSPS) is 15.5. The molecule has 0 bridgehead atoms. The number of hydrogen-bond donors (Lipinski definition) is 1. The molecule has 3 aromatic rings. The van der Waals surface area contributed by atoms with Gasteiger partial charge in [-0.05, 0) is 49.6 Å². The summed E-state index contributed by atoms with van der Waals surface area (Å²) in [5.74, 6) is -0.550. The number of carbonyl (C=O) groups is 1. The van der Waals surface area contributed by atoms with Crippen LogP contribution in [0, 0.1) is 12.7 Å². The van der Waals surface area contributed by atoms with Gasteiger partial charge in [0.25, 0.3) is 5.91 Å². The number of likely N-dealkylation sites (tertiary alicyclic amines) is 1. The van der Waals surface area contributed by atoms with Gasteiger partial charge in [0.15, 0.2) is 0 Å². The van der Waals surface area contributed by atoms with Crippen LogP contribution in [0.25, 0.3) is 11.0 Å². The molecule has 0 saturated carbocycles. The topological polar surface area (TPSA) is 58.1 Å². The number of nitrogens with one attached hydrogen (secondary N) is 1. The lowest BCUT2D eigenvalue weighted by Gasteiger charge is -2.33. The number of halogens is 1. The van der Waals surface area contributed by atoms with Gasteiger partial charge in [0.05, 0.1) is 11.0 Å². The molecule has 2 aromatic carbocycles. The number of hydrogen-bond acceptors (Lipinski definition) is 2. The molecule has 0 radical (unpaired) electrons. The first-order valence-electron chi connectivity index (χ1n) is 8.79. The summed E-state index contributed by atoms with van der Waals surface area (Å²) in [6.45, 7) is 2.90. The zero-order valence-electron chi connectivity index (χ0n) is 14.5. The molecule has 2 heterocycles. The second-order valence-corrected chi connectivity index (χ2v) is 6.80. The number of benzene rings is 2. The predicted octanol–water partition coefficient (Wildman–Crippen LogP) is 3.25. The van der Waals surface area contributed by atoms with E-state index < -0.39 is 5.82 Å². The SMILES string of the molecule is Cc1ccc(F)cc1C(=O)N1CCC(n2c(=O)[nH]c3ccccc32)CC1. The Morgan fingerprint density at radius 3 is 2.65 bits per heavy atom. The van der Waals surface area contributed by atoms with Gasteiger partial charge in [-0.2, -0.15) is 0 Å². The molecule has 1 fully saturated rings. The molecule has 1 aliphatic heterocycles. The second-order valence-electron chi connectivity index (χ2n) is 6.80. The molecule has 1 saturated heterocycles. The molecule has 0 spiro atoms. The largest absolute Gasteiger partial charge is 0.338 e. The predicted molar refractivity (Wildman–Crippen MR) is 97.9 cm³/mol. The van der Waals surface area contributed by atoms with Crippen LogP contribution in [-0.4, -0.2) is 33.4 Å². The minimum absolute atomic E-state index is 0.0521. The fourth-order valence-electron chi connectivity index (χ4n) is 3.76. The van der Waals surface area contributed by atoms with Crippen molar-refractivity contribution in [1.82, 2.24) is 14.5 Å². The first kappa shape index (κ1) is 16.6. The molecule has 1 aromatic heterocycles. The van der Waals surface area contributed by atoms with Crippen molar-refractivity contribution in [2.24, 2.45) is 0 Å². The first-order chi connectivity index (χ1) is 12.5. The molecule has 26 heavy (non-hydrogen) atoms. The minimum Gasteiger partial charge on any atom is -0.338 e. The molecule has 1 amide bonds. The van der Waals surface area contributed by atoms with Crippen LogP contribution in [0.2, 0.25) is 0 Å². The molecule has 5 nitrogen and oxygen atoms in total. The number of aryl methyl sites for hydroxylation is 1. The zero-order valence-corrected chi connectivity index (χ0v) is 14.5. The molecule has 1 N–H and O–H groups in total. The number of rotatable bonds is 2. The van der Waals surface area contributed by atoms with E-state index in [1.807, 2.05) is 31.2 Å². The van der Waals surface area contributed by atoms with Crippen molar-refractivity contribution in [2.45, 2.75) is 25.8 Å². The number of imidazole rings is 1. The summed E-state index contributed by atoms with van der Waals surface area (Å²) in [5.41, 5.74) is 2.78. The lowest BCUT2D eigenvalue weighted by molar-refractivity contribution is 0.0694. The number of para-hydroxylation sites is 2. The Morgan fingerprint density at radius 1 is 1.15 bits per heavy atom. The summed E-state index contributed by atoms with van der Waals surface area (Å²) >= 11 is 0. The van der Waals surface area contributed by atoms with Crippen LogP contribution in [0.15, 0.2) is 47.3 Å². The highest BCUT2D eigenvalue weighted by atomic mass is 19.1. The third kappa shape index (κ3) is 2.81. The molecular formula is C20H20FN3O2. The maximum absolute atomic E-state index is 13.5. The lowest BCUT2D eigenvalue weighted by Crippen LogP contribution is -2.40. The number of amides is 1. The van der Waals surface area contributed by atoms with Crippen molar-refractivity contribution in [1.29, 1.82) is 0 Å². The van der Waals surface area contributed by atoms with Gasteiger partial charge in [-0.1, -0.05) is 18.2 Å². The average molecular weight is 353 g/mol. The molecule has 4 rings (SSSR count). The Labute approximate surface area is 150 Å². The minimum atomic E-state index is -0.404. The van der Waals surface area contributed by atoms with E-state index in [2.05, 4.69) is 4.98 Å². The fraction of sp³-hybridized carbons (Fsp3) is 0.300. The van der Waals surface area contributed by atoms with Crippen LogP contribution in [0.4, 0.5) is 4.39 Å². The van der Waals surface area contributed by atoms with Gasteiger partial charge < -0.3 is 9.88 Å². The first-order valence-corrected chi connectivity index (χ1v) is 8.79. The standard InChI is InChI=1S/C20H20FN3O2/c1-13-6-7-14(21)12-16(13)19(25)23-10-8-15(9-11-23)24-18-5-3-2-4-17(18)22-20(24)26/h2-7,12,15H,8-11H2,1H3,(H,22,26). The van der Waals surface area contributed by atoms with Crippen molar-refractivity contribution in [3.63, 3.8) is 0 Å². The zero-order chi connectivity index (χ0) is 18.3. The molecule has 0 atom stereocenters. The average Bonchev–Trinajstić information content (AvgIpc) is 2.99. The van der Waals surface area contributed by atoms with Crippen molar-refractivity contribution < 1.29 is 9.18 Å². The van der Waals surface area contributed by atoms with E-state index in [0.29, 0.717) is 31.5 Å². The van der Waals surface area contributed by atoms with Gasteiger partial charge in [-0.25, -0.2) is 9.18 Å². The van der Waals surface area contributed by atoms with Gasteiger partial charge in [-0.3, -0.25) is 9.36 Å². The van der Waals surface area contributed by atoms with Gasteiger partial charge >= 0.3 is 5.69 Å². The van der Waals surface area contributed by atoms with Crippen LogP contribution in [0.1, 0.15) is 34.8 Å². The number of piperidine rings is 1. The quantitative estimate of drug-likeness (QED) is 0.769. The van der Waals surface area contributed by atoms with E-state index in [1.54, 1.807) is 15.5 Å². The van der Waals surface area contributed by atoms with Crippen LogP contribution in [0.3, 0.4) is 0 Å². The van der Waals surface area contributed by atoms with Gasteiger partial charge in [0.2, 0.25) is 0 Å². The Bertz CT molecular complexity index is 1030. The number of nitrogens with zero attached hydrogens (tertiary/aromatic N) is 2. The highest BCUT2D eigenvalue weighted by Crippen LogP contribution is 2.26. The van der Waals surface area contributed by atoms with Crippen molar-refractivity contribution in [3.8, 4) is 0 Å². The monoisotopic (exact) mass is 353 g/mol. The van der Waals surface area contributed by atoms with E-state index in [9.17, 15) is 14.0 Å². The van der Waals surface area contributed by atoms with E-state index in [-0.39, 0.29) is 17.6 Å². The Morgan fingerprint density at radius 2 is 1.88 bits per heavy atom. The van der Waals surface area contributed by atoms with Gasteiger partial charge in [-0.15, -0.1) is 0 Å². The summed E-state index contributed by atoms with van der Waals surface area (Å²) < 4.78 is 15.3. The Kier molecular flexibility index (Phi) is 4.11. The summed E-state index contributed by atoms with van der Waals surface area (Å²) in [6, 6.07) is 12.0. The Balaban J connectivity index is 1.54. The second kappa shape index (κ2) is 6.44. The van der Waals surface area contributed by atoms with E-state index >= 15 is 0 Å². The molecule has 134 valence electrons. The van der Waals surface area contributed by atoms with Crippen LogP contribution < -0.4 is 5.69 Å². The van der Waals surface area contributed by atoms with Crippen molar-refractivity contribution >= 4 is 16.9 Å². The summed E-state index contributed by atoms with van der Waals surface area (Å²) in [7, 11) is 0. The molecule has 0 unspecified atom stereocenters. The van der Waals surface area contributed by atoms with Crippen molar-refractivity contribution in [2.75, 3.05) is 13.1 Å². The number of carbonyl (C=O) groups excluding carboxylic acids is 1. The van der Waals surface area contributed by atoms with E-state index in [4.69, 9.17) is 0 Å². The number of fused-ring (bicyclic) bond motifs is 1. The van der Waals surface area contributed by atoms with Crippen LogP contribution >= 0.6 is 0 Å². The number of aromatic amines is 1. The van der Waals surface area contributed by atoms with Crippen LogP contribution in [0.5, 0.6) is 0 Å². The molecule has 0 aliphatic carbocycles. The Hall–Kier alpha value is -2.89. The summed E-state index contributed by atoms with van der Waals surface area (Å²) in [4.78, 5) is 29.7. The van der Waals surface area contributed by atoms with Crippen LogP contribution in [-0.2, 0) is 0 Å². The van der Waals surface area contributed by atoms with Gasteiger partial charge in [0.1, 0.15) is 5.82 Å². The number of aromatic nitrogens is 2. The summed E-state index contributed by atoms with van der Waals surface area (Å²) in [6.07, 6.45) is 1.39. The van der Waals surface area contributed by atoms with E-state index in [0.717, 1.165) is 16.6 Å². The molecule has 1 aliphatic rings. The van der Waals surface area contributed by atoms with Crippen molar-refractivity contribution in [3.05, 3.63) is 69.9 Å². The fourth-order valence-corrected chi connectivity index (χ4v) is 3.76. The highest BCUT2D eigenvalue weighted by Gasteiger charge is 2.27.